The molecule has 1 amide bonds. The van der Waals surface area contributed by atoms with Gasteiger partial charge >= 0.3 is 0 Å². The van der Waals surface area contributed by atoms with Crippen LogP contribution in [0.4, 0.5) is 0 Å². The Morgan fingerprint density at radius 2 is 1.95 bits per heavy atom. The van der Waals surface area contributed by atoms with Crippen molar-refractivity contribution < 1.29 is 4.79 Å². The first-order valence-electron chi connectivity index (χ1n) is 6.75. The van der Waals surface area contributed by atoms with E-state index in [9.17, 15) is 4.79 Å². The summed E-state index contributed by atoms with van der Waals surface area (Å²) in [5.74, 6) is -0.129. The smallest absolute Gasteiger partial charge is 0.257 e. The SMILES string of the molecule is CCC(C)N1CCN(C(=O)c2cc(Cl)nnc2Cl)CC1. The maximum Gasteiger partial charge on any atom is 0.257 e. The summed E-state index contributed by atoms with van der Waals surface area (Å²) in [5, 5.41) is 7.57. The van der Waals surface area contributed by atoms with Crippen LogP contribution in [0.1, 0.15) is 30.6 Å². The second-order valence-electron chi connectivity index (χ2n) is 4.96. The van der Waals surface area contributed by atoms with E-state index < -0.39 is 0 Å². The Kier molecular flexibility index (Phi) is 5.18. The van der Waals surface area contributed by atoms with Gasteiger partial charge in [0.15, 0.2) is 10.3 Å². The standard InChI is InChI=1S/C13H18Cl2N4O/c1-3-9(2)18-4-6-19(7-5-18)13(20)10-8-11(14)16-17-12(10)15/h8-9H,3-7H2,1-2H3. The highest BCUT2D eigenvalue weighted by molar-refractivity contribution is 6.34. The maximum absolute atomic E-state index is 12.4. The molecule has 0 aromatic carbocycles. The Bertz CT molecular complexity index is 489. The average molecular weight is 317 g/mol. The van der Waals surface area contributed by atoms with Gasteiger partial charge in [-0.15, -0.1) is 10.2 Å². The van der Waals surface area contributed by atoms with Crippen LogP contribution in [0.3, 0.4) is 0 Å². The second kappa shape index (κ2) is 6.70. The Morgan fingerprint density at radius 1 is 1.30 bits per heavy atom. The largest absolute Gasteiger partial charge is 0.336 e. The third kappa shape index (κ3) is 3.40. The predicted octanol–water partition coefficient (Wildman–Crippen LogP) is 2.34. The molecule has 1 unspecified atom stereocenters. The fourth-order valence-electron chi connectivity index (χ4n) is 2.30. The molecule has 5 nitrogen and oxygen atoms in total. The van der Waals surface area contributed by atoms with Crippen LogP contribution in [0.25, 0.3) is 0 Å². The molecular weight excluding hydrogens is 299 g/mol. The Hall–Kier alpha value is -0.910. The van der Waals surface area contributed by atoms with Gasteiger partial charge < -0.3 is 4.90 Å². The van der Waals surface area contributed by atoms with Crippen molar-refractivity contribution >= 4 is 29.1 Å². The number of halogens is 2. The van der Waals surface area contributed by atoms with Crippen molar-refractivity contribution in [2.75, 3.05) is 26.2 Å². The highest BCUT2D eigenvalue weighted by atomic mass is 35.5. The molecular formula is C13H18Cl2N4O. The summed E-state index contributed by atoms with van der Waals surface area (Å²) in [4.78, 5) is 16.6. The lowest BCUT2D eigenvalue weighted by Gasteiger charge is -2.37. The van der Waals surface area contributed by atoms with Crippen LogP contribution in [0.5, 0.6) is 0 Å². The molecule has 0 saturated carbocycles. The van der Waals surface area contributed by atoms with Crippen LogP contribution < -0.4 is 0 Å². The van der Waals surface area contributed by atoms with E-state index in [2.05, 4.69) is 28.9 Å². The zero-order valence-electron chi connectivity index (χ0n) is 11.6. The summed E-state index contributed by atoms with van der Waals surface area (Å²) in [5.41, 5.74) is 0.323. The third-order valence-electron chi connectivity index (χ3n) is 3.77. The average Bonchev–Trinajstić information content (AvgIpc) is 2.48. The van der Waals surface area contributed by atoms with Gasteiger partial charge in [-0.05, 0) is 19.4 Å². The summed E-state index contributed by atoms with van der Waals surface area (Å²) in [6, 6.07) is 2.02. The molecule has 20 heavy (non-hydrogen) atoms. The van der Waals surface area contributed by atoms with Gasteiger partial charge in [-0.25, -0.2) is 0 Å². The lowest BCUT2D eigenvalue weighted by molar-refractivity contribution is 0.0579. The Balaban J connectivity index is 2.03. The topological polar surface area (TPSA) is 49.3 Å². The molecule has 1 aliphatic rings. The molecule has 0 N–H and O–H groups in total. The number of piperazine rings is 1. The van der Waals surface area contributed by atoms with E-state index in [-0.39, 0.29) is 16.2 Å². The molecule has 0 radical (unpaired) electrons. The minimum atomic E-state index is -0.129. The summed E-state index contributed by atoms with van der Waals surface area (Å²) in [6.45, 7) is 7.53. The number of aromatic nitrogens is 2. The van der Waals surface area contributed by atoms with Gasteiger partial charge in [0.25, 0.3) is 5.91 Å². The molecule has 1 fully saturated rings. The molecule has 0 aliphatic carbocycles. The third-order valence-corrected chi connectivity index (χ3v) is 4.23. The van der Waals surface area contributed by atoms with Crippen LogP contribution in [-0.2, 0) is 0 Å². The molecule has 2 rings (SSSR count). The minimum absolute atomic E-state index is 0.101. The molecule has 1 atom stereocenters. The summed E-state index contributed by atoms with van der Waals surface area (Å²) < 4.78 is 0. The number of hydrogen-bond acceptors (Lipinski definition) is 4. The van der Waals surface area contributed by atoms with Crippen LogP contribution in [0.15, 0.2) is 6.07 Å². The van der Waals surface area contributed by atoms with Crippen molar-refractivity contribution in [2.45, 2.75) is 26.3 Å². The Morgan fingerprint density at radius 3 is 2.55 bits per heavy atom. The molecule has 1 aliphatic heterocycles. The van der Waals surface area contributed by atoms with Gasteiger partial charge in [0.1, 0.15) is 0 Å². The minimum Gasteiger partial charge on any atom is -0.336 e. The van der Waals surface area contributed by atoms with E-state index in [0.717, 1.165) is 19.5 Å². The number of amides is 1. The maximum atomic E-state index is 12.4. The van der Waals surface area contributed by atoms with Crippen LogP contribution >= 0.6 is 23.2 Å². The van der Waals surface area contributed by atoms with E-state index in [1.54, 1.807) is 4.90 Å². The normalized spacial score (nSPS) is 18.1. The fourth-order valence-corrected chi connectivity index (χ4v) is 2.62. The first-order valence-corrected chi connectivity index (χ1v) is 7.50. The highest BCUT2D eigenvalue weighted by Crippen LogP contribution is 2.19. The van der Waals surface area contributed by atoms with Gasteiger partial charge in [-0.1, -0.05) is 30.1 Å². The quantitative estimate of drug-likeness (QED) is 0.858. The van der Waals surface area contributed by atoms with Gasteiger partial charge in [-0.2, -0.15) is 0 Å². The van der Waals surface area contributed by atoms with Crippen molar-refractivity contribution in [2.24, 2.45) is 0 Å². The van der Waals surface area contributed by atoms with Crippen LogP contribution in [0, 0.1) is 0 Å². The molecule has 1 aromatic rings. The molecule has 1 aromatic heterocycles. The fraction of sp³-hybridized carbons (Fsp3) is 0.615. The Labute approximate surface area is 128 Å². The van der Waals surface area contributed by atoms with Gasteiger partial charge in [0.05, 0.1) is 5.56 Å². The van der Waals surface area contributed by atoms with E-state index in [1.807, 2.05) is 0 Å². The number of rotatable bonds is 3. The van der Waals surface area contributed by atoms with Gasteiger partial charge in [0.2, 0.25) is 0 Å². The molecule has 2 heterocycles. The van der Waals surface area contributed by atoms with Crippen molar-refractivity contribution in [3.05, 3.63) is 21.9 Å². The van der Waals surface area contributed by atoms with E-state index in [4.69, 9.17) is 23.2 Å². The first kappa shape index (κ1) is 15.5. The first-order chi connectivity index (χ1) is 9.52. The number of nitrogens with zero attached hydrogens (tertiary/aromatic N) is 4. The van der Waals surface area contributed by atoms with Crippen LogP contribution in [0.2, 0.25) is 10.3 Å². The highest BCUT2D eigenvalue weighted by Gasteiger charge is 2.26. The van der Waals surface area contributed by atoms with Crippen molar-refractivity contribution in [1.82, 2.24) is 20.0 Å². The lowest BCUT2D eigenvalue weighted by atomic mass is 10.1. The second-order valence-corrected chi connectivity index (χ2v) is 5.70. The van der Waals surface area contributed by atoms with Gasteiger partial charge in [-0.3, -0.25) is 9.69 Å². The zero-order valence-corrected chi connectivity index (χ0v) is 13.2. The number of carbonyl (C=O) groups excluding carboxylic acids is 1. The summed E-state index contributed by atoms with van der Waals surface area (Å²) in [7, 11) is 0. The number of hydrogen-bond donors (Lipinski definition) is 0. The van der Waals surface area contributed by atoms with Crippen molar-refractivity contribution in [3.63, 3.8) is 0 Å². The molecule has 110 valence electrons. The molecule has 0 spiro atoms. The van der Waals surface area contributed by atoms with Gasteiger partial charge in [0, 0.05) is 32.2 Å². The monoisotopic (exact) mass is 316 g/mol. The number of carbonyl (C=O) groups is 1. The summed E-state index contributed by atoms with van der Waals surface area (Å²) in [6.07, 6.45) is 1.11. The van der Waals surface area contributed by atoms with Crippen molar-refractivity contribution in [1.29, 1.82) is 0 Å². The van der Waals surface area contributed by atoms with E-state index >= 15 is 0 Å². The van der Waals surface area contributed by atoms with E-state index in [0.29, 0.717) is 24.7 Å². The molecule has 1 saturated heterocycles. The summed E-state index contributed by atoms with van der Waals surface area (Å²) >= 11 is 11.7. The molecule has 0 bridgehead atoms. The predicted molar refractivity (Wildman–Crippen MR) is 79.3 cm³/mol. The van der Waals surface area contributed by atoms with E-state index in [1.165, 1.54) is 6.07 Å². The van der Waals surface area contributed by atoms with Crippen molar-refractivity contribution in [3.8, 4) is 0 Å². The lowest BCUT2D eigenvalue weighted by Crippen LogP contribution is -2.51. The van der Waals surface area contributed by atoms with Crippen LogP contribution in [-0.4, -0.2) is 58.1 Å². The zero-order chi connectivity index (χ0) is 14.7. The molecule has 7 heteroatoms.